The summed E-state index contributed by atoms with van der Waals surface area (Å²) in [5.74, 6) is -1.58. The Morgan fingerprint density at radius 1 is 0.872 bits per heavy atom. The molecule has 9 heteroatoms. The highest BCUT2D eigenvalue weighted by atomic mass is 19.4. The number of anilines is 1. The van der Waals surface area contributed by atoms with Gasteiger partial charge in [0, 0.05) is 31.9 Å². The van der Waals surface area contributed by atoms with Gasteiger partial charge < -0.3 is 15.3 Å². The second-order valence-electron chi connectivity index (χ2n) is 10.1. The minimum atomic E-state index is -4.50. The molecule has 1 amide bonds. The summed E-state index contributed by atoms with van der Waals surface area (Å²) in [5.41, 5.74) is 3.18. The van der Waals surface area contributed by atoms with E-state index < -0.39 is 30.0 Å². The van der Waals surface area contributed by atoms with Crippen molar-refractivity contribution < 1.29 is 27.9 Å². The van der Waals surface area contributed by atoms with Gasteiger partial charge in [0.25, 0.3) is 0 Å². The molecule has 0 atom stereocenters. The number of rotatable bonds is 8. The Bertz CT molecular complexity index is 1320. The van der Waals surface area contributed by atoms with Crippen LogP contribution in [0.4, 0.5) is 18.9 Å². The van der Waals surface area contributed by atoms with E-state index in [1.54, 1.807) is 18.2 Å². The maximum Gasteiger partial charge on any atom is 0.405 e. The molecule has 0 radical (unpaired) electrons. The molecule has 3 aromatic carbocycles. The second kappa shape index (κ2) is 10.7. The summed E-state index contributed by atoms with van der Waals surface area (Å²) in [5, 5.41) is 11.5. The number of amides is 1. The first-order valence-electron chi connectivity index (χ1n) is 13.0. The number of carboxylic acid groups (broad SMARTS) is 1. The molecular formula is C30H30F3N3O3. The van der Waals surface area contributed by atoms with Crippen LogP contribution in [0.3, 0.4) is 0 Å². The number of hydrogen-bond donors (Lipinski definition) is 2. The number of benzene rings is 3. The molecular weight excluding hydrogens is 507 g/mol. The lowest BCUT2D eigenvalue weighted by Crippen LogP contribution is -2.48. The van der Waals surface area contributed by atoms with Crippen LogP contribution in [0.25, 0.3) is 11.1 Å². The van der Waals surface area contributed by atoms with Crippen LogP contribution in [0, 0.1) is 0 Å². The van der Waals surface area contributed by atoms with E-state index in [1.807, 2.05) is 54.6 Å². The van der Waals surface area contributed by atoms with Crippen molar-refractivity contribution in [1.29, 1.82) is 0 Å². The average Bonchev–Trinajstić information content (AvgIpc) is 3.22. The minimum Gasteiger partial charge on any atom is -0.478 e. The van der Waals surface area contributed by atoms with Crippen LogP contribution >= 0.6 is 0 Å². The normalized spacial score (nSPS) is 16.4. The van der Waals surface area contributed by atoms with Gasteiger partial charge in [-0.2, -0.15) is 13.2 Å². The third kappa shape index (κ3) is 5.36. The third-order valence-corrected chi connectivity index (χ3v) is 7.76. The highest BCUT2D eigenvalue weighted by Crippen LogP contribution is 2.51. The number of carboxylic acids is 1. The predicted octanol–water partition coefficient (Wildman–Crippen LogP) is 4.93. The Labute approximate surface area is 225 Å². The number of fused-ring (bicyclic) bond motifs is 3. The van der Waals surface area contributed by atoms with Gasteiger partial charge in [-0.3, -0.25) is 9.69 Å². The number of alkyl halides is 3. The van der Waals surface area contributed by atoms with Crippen molar-refractivity contribution in [3.63, 3.8) is 0 Å². The standard InChI is InChI=1S/C30H30F3N3O3/c31-30(32,33)20-34-28(39)29(25-11-3-1-9-23(25)24-10-2-4-12-26(24)29)13-6-14-35-15-17-36(18-16-35)22-8-5-7-21(19-22)27(37)38/h1-5,7-12,19H,6,13-18,20H2,(H,34,39)(H,37,38). The molecule has 2 aliphatic rings. The van der Waals surface area contributed by atoms with Crippen LogP contribution in [0.15, 0.2) is 72.8 Å². The van der Waals surface area contributed by atoms with Crippen LogP contribution in [0.1, 0.15) is 34.3 Å². The zero-order valence-corrected chi connectivity index (χ0v) is 21.4. The third-order valence-electron chi connectivity index (χ3n) is 7.76. The van der Waals surface area contributed by atoms with E-state index >= 15 is 0 Å². The SMILES string of the molecule is O=C(O)c1cccc(N2CCN(CCCC3(C(=O)NCC(F)(F)F)c4ccccc4-c4ccccc43)CC2)c1. The number of halogens is 3. The van der Waals surface area contributed by atoms with Crippen LogP contribution in [-0.2, 0) is 10.2 Å². The summed E-state index contributed by atoms with van der Waals surface area (Å²) >= 11 is 0. The summed E-state index contributed by atoms with van der Waals surface area (Å²) in [4.78, 5) is 29.4. The molecule has 1 aliphatic carbocycles. The number of hydrogen-bond acceptors (Lipinski definition) is 4. The van der Waals surface area contributed by atoms with Gasteiger partial charge in [-0.1, -0.05) is 54.6 Å². The molecule has 5 rings (SSSR count). The summed E-state index contributed by atoms with van der Waals surface area (Å²) in [7, 11) is 0. The van der Waals surface area contributed by atoms with Crippen LogP contribution in [0.5, 0.6) is 0 Å². The van der Waals surface area contributed by atoms with Crippen molar-refractivity contribution in [1.82, 2.24) is 10.2 Å². The summed E-state index contributed by atoms with van der Waals surface area (Å²) in [6.07, 6.45) is -3.50. The molecule has 3 aromatic rings. The van der Waals surface area contributed by atoms with E-state index in [-0.39, 0.29) is 5.56 Å². The van der Waals surface area contributed by atoms with Crippen molar-refractivity contribution in [3.8, 4) is 11.1 Å². The lowest BCUT2D eigenvalue weighted by Gasteiger charge is -2.37. The van der Waals surface area contributed by atoms with Gasteiger partial charge in [0.15, 0.2) is 0 Å². The predicted molar refractivity (Wildman–Crippen MR) is 143 cm³/mol. The molecule has 1 aliphatic heterocycles. The first kappa shape index (κ1) is 26.7. The van der Waals surface area contributed by atoms with E-state index in [1.165, 1.54) is 0 Å². The topological polar surface area (TPSA) is 72.9 Å². The maximum absolute atomic E-state index is 13.6. The van der Waals surface area contributed by atoms with E-state index in [9.17, 15) is 27.9 Å². The number of nitrogens with zero attached hydrogens (tertiary/aromatic N) is 2. The Morgan fingerprint density at radius 3 is 2.08 bits per heavy atom. The molecule has 1 saturated heterocycles. The molecule has 0 bridgehead atoms. The fourth-order valence-electron chi connectivity index (χ4n) is 5.92. The van der Waals surface area contributed by atoms with Crippen molar-refractivity contribution in [3.05, 3.63) is 89.5 Å². The molecule has 0 spiro atoms. The monoisotopic (exact) mass is 537 g/mol. The molecule has 0 aromatic heterocycles. The minimum absolute atomic E-state index is 0.251. The molecule has 39 heavy (non-hydrogen) atoms. The highest BCUT2D eigenvalue weighted by Gasteiger charge is 2.49. The van der Waals surface area contributed by atoms with Gasteiger partial charge >= 0.3 is 12.1 Å². The van der Waals surface area contributed by atoms with Gasteiger partial charge in [0.05, 0.1) is 5.56 Å². The van der Waals surface area contributed by atoms with E-state index in [0.717, 1.165) is 54.1 Å². The molecule has 0 unspecified atom stereocenters. The first-order chi connectivity index (χ1) is 18.7. The second-order valence-corrected chi connectivity index (χ2v) is 10.1. The zero-order chi connectivity index (χ0) is 27.6. The Balaban J connectivity index is 1.31. The van der Waals surface area contributed by atoms with E-state index in [4.69, 9.17) is 0 Å². The number of piperazine rings is 1. The number of aromatic carboxylic acids is 1. The Hall–Kier alpha value is -3.85. The molecule has 0 saturated carbocycles. The average molecular weight is 538 g/mol. The van der Waals surface area contributed by atoms with Crippen molar-refractivity contribution in [2.24, 2.45) is 0 Å². The molecule has 6 nitrogen and oxygen atoms in total. The van der Waals surface area contributed by atoms with Crippen LogP contribution in [0.2, 0.25) is 0 Å². The molecule has 1 heterocycles. The highest BCUT2D eigenvalue weighted by molar-refractivity contribution is 6.00. The lowest BCUT2D eigenvalue weighted by atomic mass is 9.73. The number of carbonyl (C=O) groups excluding carboxylic acids is 1. The van der Waals surface area contributed by atoms with Crippen LogP contribution < -0.4 is 10.2 Å². The van der Waals surface area contributed by atoms with Gasteiger partial charge in [-0.05, 0) is 59.8 Å². The van der Waals surface area contributed by atoms with Crippen molar-refractivity contribution in [2.45, 2.75) is 24.4 Å². The maximum atomic E-state index is 13.6. The largest absolute Gasteiger partial charge is 0.478 e. The summed E-state index contributed by atoms with van der Waals surface area (Å²) in [6, 6.07) is 21.9. The molecule has 204 valence electrons. The fourth-order valence-corrected chi connectivity index (χ4v) is 5.92. The molecule has 1 fully saturated rings. The number of nitrogens with one attached hydrogen (secondary N) is 1. The number of carbonyl (C=O) groups is 2. The molecule has 2 N–H and O–H groups in total. The first-order valence-corrected chi connectivity index (χ1v) is 13.0. The zero-order valence-electron chi connectivity index (χ0n) is 21.4. The fraction of sp³-hybridized carbons (Fsp3) is 0.333. The van der Waals surface area contributed by atoms with Crippen molar-refractivity contribution in [2.75, 3.05) is 44.2 Å². The van der Waals surface area contributed by atoms with Gasteiger partial charge in [0.1, 0.15) is 12.0 Å². The van der Waals surface area contributed by atoms with E-state index in [0.29, 0.717) is 19.4 Å². The van der Waals surface area contributed by atoms with Gasteiger partial charge in [-0.15, -0.1) is 0 Å². The van der Waals surface area contributed by atoms with Gasteiger partial charge in [0.2, 0.25) is 5.91 Å². The smallest absolute Gasteiger partial charge is 0.405 e. The van der Waals surface area contributed by atoms with Crippen LogP contribution in [-0.4, -0.2) is 67.3 Å². The Kier molecular flexibility index (Phi) is 7.36. The van der Waals surface area contributed by atoms with Crippen molar-refractivity contribution >= 4 is 17.6 Å². The van der Waals surface area contributed by atoms with Gasteiger partial charge in [-0.25, -0.2) is 4.79 Å². The quantitative estimate of drug-likeness (QED) is 0.426. The Morgan fingerprint density at radius 2 is 1.49 bits per heavy atom. The van der Waals surface area contributed by atoms with E-state index in [2.05, 4.69) is 15.1 Å². The summed E-state index contributed by atoms with van der Waals surface area (Å²) in [6.45, 7) is 2.30. The lowest BCUT2D eigenvalue weighted by molar-refractivity contribution is -0.141. The summed E-state index contributed by atoms with van der Waals surface area (Å²) < 4.78 is 39.2.